The highest BCUT2D eigenvalue weighted by atomic mass is 32.2. The van der Waals surface area contributed by atoms with Gasteiger partial charge in [-0.25, -0.2) is 0 Å². The molecule has 0 radical (unpaired) electrons. The topological polar surface area (TPSA) is 0 Å². The van der Waals surface area contributed by atoms with Gasteiger partial charge < -0.3 is 0 Å². The van der Waals surface area contributed by atoms with Crippen LogP contribution in [0.25, 0.3) is 4.91 Å². The molecule has 21 heavy (non-hydrogen) atoms. The molecule has 0 saturated heterocycles. The van der Waals surface area contributed by atoms with Crippen LogP contribution in [0, 0.1) is 11.8 Å². The zero-order chi connectivity index (χ0) is 14.8. The lowest BCUT2D eigenvalue weighted by Crippen LogP contribution is -1.80. The second-order valence-electron chi connectivity index (χ2n) is 4.71. The number of unbranched alkanes of at least 4 members (excludes halogenated alkanes) is 2. The Kier molecular flexibility index (Phi) is 6.71. The second-order valence-corrected chi connectivity index (χ2v) is 5.83. The van der Waals surface area contributed by atoms with E-state index in [2.05, 4.69) is 67.3 Å². The highest BCUT2D eigenvalue weighted by Crippen LogP contribution is 2.33. The van der Waals surface area contributed by atoms with E-state index in [9.17, 15) is 0 Å². The SMILES string of the molecule is CCCCC#C/C=C(\Sc1ccccc1)c1ccccc1. The molecule has 0 fully saturated rings. The van der Waals surface area contributed by atoms with Gasteiger partial charge in [0.05, 0.1) is 0 Å². The summed E-state index contributed by atoms with van der Waals surface area (Å²) in [6.45, 7) is 2.19. The minimum Gasteiger partial charge on any atom is -0.0985 e. The lowest BCUT2D eigenvalue weighted by atomic mass is 10.2. The summed E-state index contributed by atoms with van der Waals surface area (Å²) < 4.78 is 0. The average Bonchev–Trinajstić information content (AvgIpc) is 2.55. The maximum Gasteiger partial charge on any atom is 0.0278 e. The highest BCUT2D eigenvalue weighted by Gasteiger charge is 2.02. The van der Waals surface area contributed by atoms with Crippen molar-refractivity contribution in [3.05, 3.63) is 72.3 Å². The van der Waals surface area contributed by atoms with Crippen LogP contribution in [0.15, 0.2) is 71.6 Å². The number of benzene rings is 2. The molecule has 2 aromatic rings. The monoisotopic (exact) mass is 292 g/mol. The van der Waals surface area contributed by atoms with E-state index in [1.165, 1.54) is 28.2 Å². The van der Waals surface area contributed by atoms with Crippen molar-refractivity contribution in [2.45, 2.75) is 31.1 Å². The van der Waals surface area contributed by atoms with Crippen molar-refractivity contribution in [3.63, 3.8) is 0 Å². The van der Waals surface area contributed by atoms with E-state index < -0.39 is 0 Å². The molecule has 0 aliphatic heterocycles. The first-order valence-electron chi connectivity index (χ1n) is 7.37. The zero-order valence-corrected chi connectivity index (χ0v) is 13.2. The minimum atomic E-state index is 0.977. The first-order valence-corrected chi connectivity index (χ1v) is 8.18. The molecule has 2 aromatic carbocycles. The number of hydrogen-bond acceptors (Lipinski definition) is 1. The van der Waals surface area contributed by atoms with Crippen molar-refractivity contribution in [3.8, 4) is 11.8 Å². The Hall–Kier alpha value is -1.91. The molecule has 1 heteroatoms. The lowest BCUT2D eigenvalue weighted by molar-refractivity contribution is 0.828. The normalized spacial score (nSPS) is 10.8. The summed E-state index contributed by atoms with van der Waals surface area (Å²) in [5.41, 5.74) is 1.22. The largest absolute Gasteiger partial charge is 0.0985 e. The maximum absolute atomic E-state index is 3.23. The smallest absolute Gasteiger partial charge is 0.0278 e. The summed E-state index contributed by atoms with van der Waals surface area (Å²) in [5.74, 6) is 6.44. The van der Waals surface area contributed by atoms with Gasteiger partial charge in [-0.2, -0.15) is 0 Å². The molecule has 0 aromatic heterocycles. The first kappa shape index (κ1) is 15.5. The summed E-state index contributed by atoms with van der Waals surface area (Å²) in [5, 5.41) is 0. The van der Waals surface area contributed by atoms with Gasteiger partial charge in [0.1, 0.15) is 0 Å². The van der Waals surface area contributed by atoms with Gasteiger partial charge in [-0.1, -0.05) is 85.5 Å². The average molecular weight is 292 g/mol. The van der Waals surface area contributed by atoms with Crippen LogP contribution in [-0.2, 0) is 0 Å². The van der Waals surface area contributed by atoms with Crippen molar-refractivity contribution in [2.24, 2.45) is 0 Å². The Morgan fingerprint density at radius 1 is 1.00 bits per heavy atom. The van der Waals surface area contributed by atoms with Crippen LogP contribution in [-0.4, -0.2) is 0 Å². The summed E-state index contributed by atoms with van der Waals surface area (Å²) in [6, 6.07) is 20.9. The van der Waals surface area contributed by atoms with E-state index in [-0.39, 0.29) is 0 Å². The summed E-state index contributed by atoms with van der Waals surface area (Å²) in [7, 11) is 0. The van der Waals surface area contributed by atoms with Gasteiger partial charge in [0, 0.05) is 22.3 Å². The Bertz CT molecular complexity index is 615. The van der Waals surface area contributed by atoms with E-state index in [1.54, 1.807) is 11.8 Å². The number of hydrogen-bond donors (Lipinski definition) is 0. The molecule has 0 unspecified atom stereocenters. The van der Waals surface area contributed by atoms with Crippen LogP contribution in [0.2, 0.25) is 0 Å². The molecule has 0 heterocycles. The molecule has 0 aliphatic rings. The molecular weight excluding hydrogens is 272 g/mol. The van der Waals surface area contributed by atoms with Crippen LogP contribution in [0.5, 0.6) is 0 Å². The molecule has 0 amide bonds. The molecule has 0 aliphatic carbocycles. The van der Waals surface area contributed by atoms with Gasteiger partial charge in [-0.05, 0) is 24.1 Å². The van der Waals surface area contributed by atoms with Gasteiger partial charge in [0.25, 0.3) is 0 Å². The van der Waals surface area contributed by atoms with Crippen molar-refractivity contribution in [1.29, 1.82) is 0 Å². The number of thioether (sulfide) groups is 1. The predicted octanol–water partition coefficient (Wildman–Crippen LogP) is 6.01. The predicted molar refractivity (Wildman–Crippen MR) is 94.0 cm³/mol. The minimum absolute atomic E-state index is 0.977. The van der Waals surface area contributed by atoms with Crippen LogP contribution >= 0.6 is 11.8 Å². The molecule has 0 N–H and O–H groups in total. The van der Waals surface area contributed by atoms with Gasteiger partial charge in [0.15, 0.2) is 0 Å². The van der Waals surface area contributed by atoms with E-state index in [0.29, 0.717) is 0 Å². The molecule has 0 bridgehead atoms. The number of allylic oxidation sites excluding steroid dienone is 1. The van der Waals surface area contributed by atoms with Crippen LogP contribution in [0.4, 0.5) is 0 Å². The Morgan fingerprint density at radius 2 is 1.67 bits per heavy atom. The van der Waals surface area contributed by atoms with Gasteiger partial charge in [-0.3, -0.25) is 0 Å². The third-order valence-corrected chi connectivity index (χ3v) is 4.07. The van der Waals surface area contributed by atoms with E-state index >= 15 is 0 Å². The van der Waals surface area contributed by atoms with Crippen molar-refractivity contribution in [2.75, 3.05) is 0 Å². The third-order valence-electron chi connectivity index (χ3n) is 2.99. The number of rotatable bonds is 5. The van der Waals surface area contributed by atoms with Crippen LogP contribution < -0.4 is 0 Å². The van der Waals surface area contributed by atoms with Crippen molar-refractivity contribution in [1.82, 2.24) is 0 Å². The Labute approximate surface area is 132 Å². The summed E-state index contributed by atoms with van der Waals surface area (Å²) in [4.78, 5) is 2.44. The van der Waals surface area contributed by atoms with Crippen molar-refractivity contribution >= 4 is 16.7 Å². The molecule has 0 nitrogen and oxygen atoms in total. The molecule has 106 valence electrons. The van der Waals surface area contributed by atoms with E-state index in [4.69, 9.17) is 0 Å². The van der Waals surface area contributed by atoms with E-state index in [1.807, 2.05) is 18.2 Å². The highest BCUT2D eigenvalue weighted by molar-refractivity contribution is 8.08. The fourth-order valence-electron chi connectivity index (χ4n) is 1.84. The van der Waals surface area contributed by atoms with Crippen LogP contribution in [0.3, 0.4) is 0 Å². The molecule has 2 rings (SSSR count). The fourth-order valence-corrected chi connectivity index (χ4v) is 2.76. The summed E-state index contributed by atoms with van der Waals surface area (Å²) >= 11 is 1.76. The van der Waals surface area contributed by atoms with Gasteiger partial charge in [0.2, 0.25) is 0 Å². The fraction of sp³-hybridized carbons (Fsp3) is 0.200. The van der Waals surface area contributed by atoms with Crippen molar-refractivity contribution < 1.29 is 0 Å². The quantitative estimate of drug-likeness (QED) is 0.369. The maximum atomic E-state index is 3.23. The Balaban J connectivity index is 2.18. The second kappa shape index (κ2) is 9.10. The summed E-state index contributed by atoms with van der Waals surface area (Å²) in [6.07, 6.45) is 5.39. The lowest BCUT2D eigenvalue weighted by Gasteiger charge is -2.06. The van der Waals surface area contributed by atoms with Gasteiger partial charge >= 0.3 is 0 Å². The zero-order valence-electron chi connectivity index (χ0n) is 12.4. The molecular formula is C20H20S. The van der Waals surface area contributed by atoms with Crippen LogP contribution in [0.1, 0.15) is 31.7 Å². The molecule has 0 spiro atoms. The Morgan fingerprint density at radius 3 is 2.33 bits per heavy atom. The third kappa shape index (κ3) is 5.53. The van der Waals surface area contributed by atoms with E-state index in [0.717, 1.165) is 6.42 Å². The molecule has 0 saturated carbocycles. The molecule has 0 atom stereocenters. The first-order chi connectivity index (χ1) is 10.4. The van der Waals surface area contributed by atoms with Gasteiger partial charge in [-0.15, -0.1) is 0 Å². The standard InChI is InChI=1S/C20H20S/c1-2-3-4-5-12-17-20(18-13-8-6-9-14-18)21-19-15-10-7-11-16-19/h6-11,13-17H,2-4H2,1H3/b20-17-.